The second kappa shape index (κ2) is 4.62. The van der Waals surface area contributed by atoms with E-state index in [1.165, 1.54) is 11.6 Å². The predicted molar refractivity (Wildman–Crippen MR) is 73.6 cm³/mol. The number of carbonyl (C=O) groups excluding carboxylic acids is 2. The Morgan fingerprint density at radius 1 is 1.42 bits per heavy atom. The van der Waals surface area contributed by atoms with Gasteiger partial charge < -0.3 is 5.11 Å². The molecule has 1 N–H and O–H groups in total. The number of carbonyl (C=O) groups is 2. The van der Waals surface area contributed by atoms with Gasteiger partial charge >= 0.3 is 0 Å². The molecule has 104 valence electrons. The van der Waals surface area contributed by atoms with Crippen LogP contribution >= 0.6 is 0 Å². The van der Waals surface area contributed by atoms with Crippen molar-refractivity contribution in [3.05, 3.63) is 23.5 Å². The fourth-order valence-corrected chi connectivity index (χ4v) is 3.39. The van der Waals surface area contributed by atoms with Crippen molar-refractivity contribution in [3.8, 4) is 0 Å². The number of allylic oxidation sites excluding steroid dienone is 4. The zero-order valence-electron chi connectivity index (χ0n) is 12.1. The van der Waals surface area contributed by atoms with Crippen LogP contribution in [-0.2, 0) is 9.59 Å². The quantitative estimate of drug-likeness (QED) is 0.614. The highest BCUT2D eigenvalue weighted by Crippen LogP contribution is 2.50. The summed E-state index contributed by atoms with van der Waals surface area (Å²) in [5.74, 6) is -1.17. The smallest absolute Gasteiger partial charge is 0.170 e. The molecule has 3 atom stereocenters. The minimum absolute atomic E-state index is 0.0380. The Bertz CT molecular complexity index is 478. The first kappa shape index (κ1) is 14.0. The van der Waals surface area contributed by atoms with Crippen molar-refractivity contribution in [3.63, 3.8) is 0 Å². The molecule has 0 amide bonds. The molecular weight excluding hydrogens is 240 g/mol. The van der Waals surface area contributed by atoms with Gasteiger partial charge in [0.1, 0.15) is 5.76 Å². The number of aliphatic hydroxyl groups is 1. The third-order valence-electron chi connectivity index (χ3n) is 4.69. The largest absolute Gasteiger partial charge is 0.511 e. The number of aliphatic hydroxyl groups excluding tert-OH is 1. The maximum atomic E-state index is 12.3. The number of rotatable bonds is 2. The standard InChI is InChI=1S/C16H22O3/c1-9(2)5-6-10-7-11-12(17)8-13(18)14(15(11)19)16(10,3)4/h5,8,10-11,14,17H,6-7H2,1-4H3/t10?,11-,14+/m1/s1. The molecule has 0 aliphatic heterocycles. The van der Waals surface area contributed by atoms with Crippen LogP contribution in [0.15, 0.2) is 23.5 Å². The number of hydrogen-bond donors (Lipinski definition) is 1. The Morgan fingerprint density at radius 3 is 2.63 bits per heavy atom. The third-order valence-corrected chi connectivity index (χ3v) is 4.69. The van der Waals surface area contributed by atoms with Gasteiger partial charge in [0, 0.05) is 6.08 Å². The first-order valence-corrected chi connectivity index (χ1v) is 6.86. The molecule has 0 spiro atoms. The van der Waals surface area contributed by atoms with E-state index >= 15 is 0 Å². The predicted octanol–water partition coefficient (Wildman–Crippen LogP) is 3.21. The summed E-state index contributed by atoms with van der Waals surface area (Å²) in [7, 11) is 0. The molecule has 19 heavy (non-hydrogen) atoms. The molecule has 0 heterocycles. The fourth-order valence-electron chi connectivity index (χ4n) is 3.39. The van der Waals surface area contributed by atoms with Gasteiger partial charge in [-0.1, -0.05) is 25.5 Å². The molecule has 1 fully saturated rings. The van der Waals surface area contributed by atoms with Gasteiger partial charge in [0.05, 0.1) is 11.8 Å². The summed E-state index contributed by atoms with van der Waals surface area (Å²) in [5.41, 5.74) is 0.900. The van der Waals surface area contributed by atoms with Crippen molar-refractivity contribution in [1.29, 1.82) is 0 Å². The van der Waals surface area contributed by atoms with Gasteiger partial charge in [-0.3, -0.25) is 9.59 Å². The number of fused-ring (bicyclic) bond motifs is 2. The highest BCUT2D eigenvalue weighted by Gasteiger charge is 2.54. The molecule has 0 aromatic carbocycles. The van der Waals surface area contributed by atoms with Gasteiger partial charge in [-0.05, 0) is 38.0 Å². The molecule has 2 rings (SSSR count). The maximum Gasteiger partial charge on any atom is 0.170 e. The van der Waals surface area contributed by atoms with E-state index in [9.17, 15) is 14.7 Å². The molecule has 0 aromatic heterocycles. The van der Waals surface area contributed by atoms with E-state index in [-0.39, 0.29) is 28.7 Å². The van der Waals surface area contributed by atoms with Crippen molar-refractivity contribution in [2.75, 3.05) is 0 Å². The number of Topliss-reactive ketones (excluding diaryl/α,β-unsaturated/α-hetero) is 1. The minimum Gasteiger partial charge on any atom is -0.511 e. The summed E-state index contributed by atoms with van der Waals surface area (Å²) in [6, 6.07) is 0. The van der Waals surface area contributed by atoms with E-state index in [4.69, 9.17) is 0 Å². The Hall–Kier alpha value is -1.38. The molecule has 2 aliphatic rings. The van der Waals surface area contributed by atoms with Crippen LogP contribution in [0.3, 0.4) is 0 Å². The fraction of sp³-hybridized carbons (Fsp3) is 0.625. The Kier molecular flexibility index (Phi) is 3.41. The molecule has 0 saturated heterocycles. The highest BCUT2D eigenvalue weighted by atomic mass is 16.3. The summed E-state index contributed by atoms with van der Waals surface area (Å²) in [4.78, 5) is 24.3. The van der Waals surface area contributed by atoms with Crippen molar-refractivity contribution < 1.29 is 14.7 Å². The van der Waals surface area contributed by atoms with Gasteiger partial charge in [-0.15, -0.1) is 0 Å². The minimum atomic E-state index is -0.585. The lowest BCUT2D eigenvalue weighted by atomic mass is 9.54. The van der Waals surface area contributed by atoms with Gasteiger partial charge in [0.2, 0.25) is 0 Å². The van der Waals surface area contributed by atoms with Crippen LogP contribution in [0.25, 0.3) is 0 Å². The van der Waals surface area contributed by atoms with Crippen molar-refractivity contribution in [2.45, 2.75) is 40.5 Å². The van der Waals surface area contributed by atoms with Gasteiger partial charge in [0.25, 0.3) is 0 Å². The van der Waals surface area contributed by atoms with Crippen LogP contribution in [0.1, 0.15) is 40.5 Å². The lowest BCUT2D eigenvalue weighted by molar-refractivity contribution is -0.146. The summed E-state index contributed by atoms with van der Waals surface area (Å²) < 4.78 is 0. The third kappa shape index (κ3) is 2.26. The molecule has 3 nitrogen and oxygen atoms in total. The second-order valence-electron chi connectivity index (χ2n) is 6.63. The first-order valence-electron chi connectivity index (χ1n) is 6.86. The Balaban J connectivity index is 2.37. The maximum absolute atomic E-state index is 12.3. The summed E-state index contributed by atoms with van der Waals surface area (Å²) >= 11 is 0. The van der Waals surface area contributed by atoms with Crippen molar-refractivity contribution >= 4 is 11.6 Å². The van der Waals surface area contributed by atoms with Crippen LogP contribution in [0, 0.1) is 23.2 Å². The molecule has 0 aromatic rings. The zero-order chi connectivity index (χ0) is 14.4. The van der Waals surface area contributed by atoms with Gasteiger partial charge in [-0.25, -0.2) is 0 Å². The first-order chi connectivity index (χ1) is 8.75. The normalized spacial score (nSPS) is 32.8. The molecule has 1 unspecified atom stereocenters. The van der Waals surface area contributed by atoms with Crippen molar-refractivity contribution in [1.82, 2.24) is 0 Å². The molecular formula is C16H22O3. The van der Waals surface area contributed by atoms with Crippen LogP contribution in [0.4, 0.5) is 0 Å². The number of ketones is 2. The van der Waals surface area contributed by atoms with E-state index < -0.39 is 11.8 Å². The van der Waals surface area contributed by atoms with Crippen LogP contribution in [0.2, 0.25) is 0 Å². The van der Waals surface area contributed by atoms with Gasteiger partial charge in [0.15, 0.2) is 11.6 Å². The molecule has 0 radical (unpaired) electrons. The molecule has 1 saturated carbocycles. The van der Waals surface area contributed by atoms with E-state index in [1.807, 2.05) is 27.7 Å². The van der Waals surface area contributed by atoms with Crippen LogP contribution in [0.5, 0.6) is 0 Å². The Morgan fingerprint density at radius 2 is 2.05 bits per heavy atom. The van der Waals surface area contributed by atoms with Crippen molar-refractivity contribution in [2.24, 2.45) is 23.2 Å². The second-order valence-corrected chi connectivity index (χ2v) is 6.63. The summed E-state index contributed by atoms with van der Waals surface area (Å²) in [6.45, 7) is 8.10. The van der Waals surface area contributed by atoms with Crippen LogP contribution < -0.4 is 0 Å². The average Bonchev–Trinajstić information content (AvgIpc) is 2.24. The van der Waals surface area contributed by atoms with E-state index in [2.05, 4.69) is 6.08 Å². The monoisotopic (exact) mass is 262 g/mol. The zero-order valence-corrected chi connectivity index (χ0v) is 12.1. The lowest BCUT2D eigenvalue weighted by Gasteiger charge is -2.47. The summed E-state index contributed by atoms with van der Waals surface area (Å²) in [6.07, 6.45) is 4.91. The van der Waals surface area contributed by atoms with E-state index in [0.29, 0.717) is 6.42 Å². The highest BCUT2D eigenvalue weighted by molar-refractivity contribution is 6.13. The molecule has 2 aliphatic carbocycles. The van der Waals surface area contributed by atoms with Crippen LogP contribution in [-0.4, -0.2) is 16.7 Å². The van der Waals surface area contributed by atoms with Gasteiger partial charge in [-0.2, -0.15) is 0 Å². The molecule has 3 heteroatoms. The topological polar surface area (TPSA) is 54.4 Å². The lowest BCUT2D eigenvalue weighted by Crippen LogP contribution is -2.52. The van der Waals surface area contributed by atoms with E-state index in [1.54, 1.807) is 0 Å². The molecule has 2 bridgehead atoms. The Labute approximate surface area is 114 Å². The summed E-state index contributed by atoms with van der Waals surface area (Å²) in [5, 5.41) is 9.83. The average molecular weight is 262 g/mol. The SMILES string of the molecule is CC(C)=CCC1C[C@H]2C(=O)[C@H](C(=O)C=C2O)C1(C)C. The number of hydrogen-bond acceptors (Lipinski definition) is 3. The van der Waals surface area contributed by atoms with E-state index in [0.717, 1.165) is 6.42 Å².